The minimum atomic E-state index is -0.443. The van der Waals surface area contributed by atoms with Crippen molar-refractivity contribution >= 4 is 17.8 Å². The van der Waals surface area contributed by atoms with Crippen molar-refractivity contribution in [3.05, 3.63) is 0 Å². The fraction of sp³-hybridized carbons (Fsp3) is 0.571. The van der Waals surface area contributed by atoms with Crippen LogP contribution in [0.15, 0.2) is 5.10 Å². The average molecular weight is 199 g/mol. The van der Waals surface area contributed by atoms with Gasteiger partial charge < -0.3 is 5.32 Å². The molecule has 0 saturated heterocycles. The predicted octanol–water partition coefficient (Wildman–Crippen LogP) is -0.378. The van der Waals surface area contributed by atoms with E-state index in [-0.39, 0.29) is 0 Å². The van der Waals surface area contributed by atoms with Crippen molar-refractivity contribution in [2.75, 3.05) is 13.1 Å². The van der Waals surface area contributed by atoms with Gasteiger partial charge in [-0.15, -0.1) is 0 Å². The monoisotopic (exact) mass is 199 g/mol. The first-order chi connectivity index (χ1) is 6.63. The van der Waals surface area contributed by atoms with Crippen molar-refractivity contribution in [3.8, 4) is 0 Å². The molecule has 7 nitrogen and oxygen atoms in total. The molecule has 7 heteroatoms. The molecule has 0 bridgehead atoms. The molecule has 4 amide bonds. The Bertz CT molecular complexity index is 275. The average Bonchev–Trinajstić information content (AvgIpc) is 2.12. The van der Waals surface area contributed by atoms with Gasteiger partial charge in [0.2, 0.25) is 0 Å². The van der Waals surface area contributed by atoms with E-state index in [0.29, 0.717) is 13.1 Å². The van der Waals surface area contributed by atoms with Crippen molar-refractivity contribution in [3.63, 3.8) is 0 Å². The highest BCUT2D eigenvalue weighted by molar-refractivity contribution is 5.92. The van der Waals surface area contributed by atoms with E-state index >= 15 is 0 Å². The first-order valence-corrected chi connectivity index (χ1v) is 4.28. The number of hydrogen-bond acceptors (Lipinski definition) is 3. The summed E-state index contributed by atoms with van der Waals surface area (Å²) in [6.45, 7) is 4.35. The molecule has 0 unspecified atom stereocenters. The lowest BCUT2D eigenvalue weighted by Gasteiger charge is -2.25. The van der Waals surface area contributed by atoms with E-state index in [4.69, 9.17) is 0 Å². The van der Waals surface area contributed by atoms with Crippen LogP contribution in [0.2, 0.25) is 0 Å². The quantitative estimate of drug-likeness (QED) is 0.566. The van der Waals surface area contributed by atoms with Crippen molar-refractivity contribution < 1.29 is 9.59 Å². The normalized spacial score (nSPS) is 15.7. The highest BCUT2D eigenvalue weighted by Gasteiger charge is 2.19. The smallest absolute Gasteiger partial charge is 0.337 e. The van der Waals surface area contributed by atoms with Crippen molar-refractivity contribution in [2.24, 2.45) is 5.10 Å². The zero-order valence-corrected chi connectivity index (χ0v) is 8.13. The SMILES string of the molecule is CCNC(=O)NN1CC(C)=NNC1=O. The van der Waals surface area contributed by atoms with Crippen LogP contribution in [-0.4, -0.2) is 35.9 Å². The van der Waals surface area contributed by atoms with Crippen LogP contribution < -0.4 is 16.2 Å². The summed E-state index contributed by atoms with van der Waals surface area (Å²) in [5.74, 6) is 0. The van der Waals surface area contributed by atoms with Gasteiger partial charge in [0.05, 0.1) is 12.3 Å². The van der Waals surface area contributed by atoms with Crippen LogP contribution in [0.3, 0.4) is 0 Å². The Balaban J connectivity index is 2.48. The molecule has 1 rings (SSSR count). The van der Waals surface area contributed by atoms with Gasteiger partial charge in [-0.05, 0) is 13.8 Å². The number of hydrogen-bond donors (Lipinski definition) is 3. The van der Waals surface area contributed by atoms with E-state index in [1.165, 1.54) is 0 Å². The molecule has 0 aromatic carbocycles. The Morgan fingerprint density at radius 2 is 2.43 bits per heavy atom. The van der Waals surface area contributed by atoms with Gasteiger partial charge in [0.15, 0.2) is 0 Å². The molecular formula is C7H13N5O2. The minimum Gasteiger partial charge on any atom is -0.337 e. The molecule has 0 aromatic heterocycles. The predicted molar refractivity (Wildman–Crippen MR) is 50.6 cm³/mol. The number of rotatable bonds is 2. The summed E-state index contributed by atoms with van der Waals surface area (Å²) in [5.41, 5.74) is 5.38. The summed E-state index contributed by atoms with van der Waals surface area (Å²) in [6.07, 6.45) is 0. The largest absolute Gasteiger partial charge is 0.356 e. The molecule has 1 heterocycles. The topological polar surface area (TPSA) is 85.8 Å². The molecule has 0 radical (unpaired) electrons. The van der Waals surface area contributed by atoms with Gasteiger partial charge in [-0.25, -0.2) is 25.4 Å². The lowest BCUT2D eigenvalue weighted by atomic mass is 10.4. The van der Waals surface area contributed by atoms with Crippen LogP contribution >= 0.6 is 0 Å². The van der Waals surface area contributed by atoms with Gasteiger partial charge in [0.25, 0.3) is 0 Å². The molecule has 3 N–H and O–H groups in total. The first kappa shape index (κ1) is 10.3. The molecule has 0 spiro atoms. The van der Waals surface area contributed by atoms with Crippen LogP contribution in [0.1, 0.15) is 13.8 Å². The molecule has 0 aromatic rings. The second-order valence-electron chi connectivity index (χ2n) is 2.82. The summed E-state index contributed by atoms with van der Waals surface area (Å²) >= 11 is 0. The van der Waals surface area contributed by atoms with Gasteiger partial charge in [0, 0.05) is 6.54 Å². The maximum atomic E-state index is 11.1. The molecule has 0 saturated carbocycles. The number of carbonyl (C=O) groups excluding carboxylic acids is 2. The number of hydrazone groups is 1. The summed E-state index contributed by atoms with van der Waals surface area (Å²) in [4.78, 5) is 22.2. The number of nitrogens with one attached hydrogen (secondary N) is 3. The Kier molecular flexibility index (Phi) is 3.27. The van der Waals surface area contributed by atoms with Gasteiger partial charge in [-0.1, -0.05) is 0 Å². The molecular weight excluding hydrogens is 186 g/mol. The van der Waals surface area contributed by atoms with Crippen molar-refractivity contribution in [1.82, 2.24) is 21.2 Å². The molecule has 0 atom stereocenters. The van der Waals surface area contributed by atoms with Crippen LogP contribution in [0, 0.1) is 0 Å². The zero-order valence-electron chi connectivity index (χ0n) is 8.13. The molecule has 1 aliphatic heterocycles. The van der Waals surface area contributed by atoms with Crippen LogP contribution in [0.25, 0.3) is 0 Å². The first-order valence-electron chi connectivity index (χ1n) is 4.28. The summed E-state index contributed by atoms with van der Waals surface area (Å²) in [6, 6.07) is -0.848. The van der Waals surface area contributed by atoms with Crippen LogP contribution in [-0.2, 0) is 0 Å². The Morgan fingerprint density at radius 1 is 1.71 bits per heavy atom. The third kappa shape index (κ3) is 2.61. The van der Waals surface area contributed by atoms with E-state index < -0.39 is 12.1 Å². The Morgan fingerprint density at radius 3 is 3.07 bits per heavy atom. The molecule has 1 aliphatic rings. The highest BCUT2D eigenvalue weighted by Crippen LogP contribution is 1.93. The summed E-state index contributed by atoms with van der Waals surface area (Å²) in [7, 11) is 0. The van der Waals surface area contributed by atoms with Crippen LogP contribution in [0.5, 0.6) is 0 Å². The summed E-state index contributed by atoms with van der Waals surface area (Å²) < 4.78 is 0. The minimum absolute atomic E-state index is 0.295. The van der Waals surface area contributed by atoms with E-state index in [0.717, 1.165) is 10.7 Å². The van der Waals surface area contributed by atoms with E-state index in [1.54, 1.807) is 13.8 Å². The van der Waals surface area contributed by atoms with Crippen LogP contribution in [0.4, 0.5) is 9.59 Å². The third-order valence-corrected chi connectivity index (χ3v) is 1.55. The maximum absolute atomic E-state index is 11.1. The lowest BCUT2D eigenvalue weighted by molar-refractivity contribution is 0.173. The number of urea groups is 2. The van der Waals surface area contributed by atoms with E-state index in [1.807, 2.05) is 0 Å². The van der Waals surface area contributed by atoms with Crippen molar-refractivity contribution in [1.29, 1.82) is 0 Å². The number of nitrogens with zero attached hydrogens (tertiary/aromatic N) is 2. The van der Waals surface area contributed by atoms with Gasteiger partial charge in [0.1, 0.15) is 0 Å². The molecule has 0 fully saturated rings. The molecule has 0 aliphatic carbocycles. The molecule has 14 heavy (non-hydrogen) atoms. The number of carbonyl (C=O) groups is 2. The number of amides is 4. The third-order valence-electron chi connectivity index (χ3n) is 1.55. The standard InChI is InChI=1S/C7H13N5O2/c1-3-8-6(13)11-12-4-5(2)9-10-7(12)14/h3-4H2,1-2H3,(H,10,14)(H2,8,11,13). The number of hydrazine groups is 1. The fourth-order valence-corrected chi connectivity index (χ4v) is 0.953. The van der Waals surface area contributed by atoms with E-state index in [9.17, 15) is 9.59 Å². The fourth-order valence-electron chi connectivity index (χ4n) is 0.953. The summed E-state index contributed by atoms with van der Waals surface area (Å²) in [5, 5.41) is 7.39. The molecule has 78 valence electrons. The Labute approximate surface area is 81.5 Å². The second-order valence-corrected chi connectivity index (χ2v) is 2.82. The second kappa shape index (κ2) is 4.45. The maximum Gasteiger partial charge on any atom is 0.356 e. The highest BCUT2D eigenvalue weighted by atomic mass is 16.2. The van der Waals surface area contributed by atoms with Crippen molar-refractivity contribution in [2.45, 2.75) is 13.8 Å². The van der Waals surface area contributed by atoms with E-state index in [2.05, 4.69) is 21.3 Å². The van der Waals surface area contributed by atoms with Gasteiger partial charge in [-0.3, -0.25) is 0 Å². The zero-order chi connectivity index (χ0) is 10.6. The van der Waals surface area contributed by atoms with Gasteiger partial charge in [-0.2, -0.15) is 5.10 Å². The lowest BCUT2D eigenvalue weighted by Crippen LogP contribution is -2.56. The Hall–Kier alpha value is -1.79. The van der Waals surface area contributed by atoms with Gasteiger partial charge >= 0.3 is 12.1 Å².